The Labute approximate surface area is 95.6 Å². The van der Waals surface area contributed by atoms with Crippen LogP contribution in [0.2, 0.25) is 0 Å². The Hall–Kier alpha value is -1.14. The molecular formula is C10H20N2O4. The Morgan fingerprint density at radius 3 is 2.31 bits per heavy atom. The maximum atomic E-state index is 11.4. The zero-order valence-electron chi connectivity index (χ0n) is 10.3. The van der Waals surface area contributed by atoms with E-state index in [1.54, 1.807) is 20.8 Å². The molecule has 2 N–H and O–H groups in total. The smallest absolute Gasteiger partial charge is 0.262 e. The van der Waals surface area contributed by atoms with Gasteiger partial charge in [0.05, 0.1) is 19.8 Å². The van der Waals surface area contributed by atoms with E-state index in [1.165, 1.54) is 7.11 Å². The van der Waals surface area contributed by atoms with Gasteiger partial charge in [-0.15, -0.1) is 0 Å². The van der Waals surface area contributed by atoms with Gasteiger partial charge in [0, 0.05) is 12.5 Å². The lowest BCUT2D eigenvalue weighted by Gasteiger charge is -2.17. The first-order valence-corrected chi connectivity index (χ1v) is 5.06. The molecule has 0 saturated heterocycles. The number of amides is 2. The summed E-state index contributed by atoms with van der Waals surface area (Å²) >= 11 is 0. The molecule has 0 radical (unpaired) electrons. The van der Waals surface area contributed by atoms with E-state index in [-0.39, 0.29) is 19.1 Å². The molecule has 0 aliphatic carbocycles. The van der Waals surface area contributed by atoms with Crippen molar-refractivity contribution in [3.05, 3.63) is 0 Å². The van der Waals surface area contributed by atoms with Crippen molar-refractivity contribution < 1.29 is 19.2 Å². The van der Waals surface area contributed by atoms with Gasteiger partial charge >= 0.3 is 0 Å². The van der Waals surface area contributed by atoms with Crippen LogP contribution in [0.4, 0.5) is 0 Å². The molecule has 0 aromatic carbocycles. The second-order valence-corrected chi connectivity index (χ2v) is 4.30. The lowest BCUT2D eigenvalue weighted by atomic mass is 9.96. The fourth-order valence-corrected chi connectivity index (χ4v) is 0.718. The van der Waals surface area contributed by atoms with Crippen LogP contribution in [0.25, 0.3) is 0 Å². The van der Waals surface area contributed by atoms with Crippen molar-refractivity contribution in [1.29, 1.82) is 0 Å². The van der Waals surface area contributed by atoms with Crippen LogP contribution in [-0.4, -0.2) is 38.7 Å². The largest absolute Gasteiger partial charge is 0.382 e. The van der Waals surface area contributed by atoms with Crippen molar-refractivity contribution in [2.24, 2.45) is 5.41 Å². The average molecular weight is 232 g/mol. The molecule has 0 aliphatic rings. The van der Waals surface area contributed by atoms with E-state index >= 15 is 0 Å². The highest BCUT2D eigenvalue weighted by atomic mass is 16.7. The maximum Gasteiger partial charge on any atom is 0.262 e. The molecule has 0 rings (SSSR count). The minimum absolute atomic E-state index is 0.0942. The summed E-state index contributed by atoms with van der Waals surface area (Å²) in [5.41, 5.74) is 1.69. The van der Waals surface area contributed by atoms with Crippen LogP contribution in [0.15, 0.2) is 0 Å². The third-order valence-electron chi connectivity index (χ3n) is 1.67. The lowest BCUT2D eigenvalue weighted by Crippen LogP contribution is -2.41. The zero-order chi connectivity index (χ0) is 12.6. The summed E-state index contributed by atoms with van der Waals surface area (Å²) < 4.78 is 4.72. The maximum absolute atomic E-state index is 11.4. The Kier molecular flexibility index (Phi) is 6.67. The molecule has 0 bridgehead atoms. The minimum Gasteiger partial charge on any atom is -0.382 e. The standard InChI is InChI=1S/C10H20N2O4/c1-10(2,3)9(14)11-7-8(13)12-16-6-5-15-4/h5-7H2,1-4H3,(H,11,14)(H,12,13). The fourth-order valence-electron chi connectivity index (χ4n) is 0.718. The number of methoxy groups -OCH3 is 1. The quantitative estimate of drug-likeness (QED) is 0.493. The average Bonchev–Trinajstić information content (AvgIpc) is 2.19. The lowest BCUT2D eigenvalue weighted by molar-refractivity contribution is -0.137. The first-order chi connectivity index (χ1) is 7.38. The summed E-state index contributed by atoms with van der Waals surface area (Å²) in [5.74, 6) is -0.576. The molecule has 0 saturated carbocycles. The Morgan fingerprint density at radius 2 is 1.81 bits per heavy atom. The summed E-state index contributed by atoms with van der Waals surface area (Å²) in [6.45, 7) is 5.90. The number of ether oxygens (including phenoxy) is 1. The minimum atomic E-state index is -0.503. The molecule has 2 amide bonds. The van der Waals surface area contributed by atoms with Gasteiger partial charge in [0.2, 0.25) is 5.91 Å². The number of carbonyl (C=O) groups excluding carboxylic acids is 2. The number of nitrogens with one attached hydrogen (secondary N) is 2. The van der Waals surface area contributed by atoms with Crippen LogP contribution in [0.1, 0.15) is 20.8 Å². The van der Waals surface area contributed by atoms with Gasteiger partial charge in [-0.05, 0) is 0 Å². The number of hydroxylamine groups is 1. The van der Waals surface area contributed by atoms with Crippen molar-refractivity contribution in [2.75, 3.05) is 26.9 Å². The summed E-state index contributed by atoms with van der Waals surface area (Å²) in [4.78, 5) is 27.3. The first kappa shape index (κ1) is 14.9. The summed E-state index contributed by atoms with van der Waals surface area (Å²) in [7, 11) is 1.54. The Balaban J connectivity index is 3.62. The number of hydrogen-bond acceptors (Lipinski definition) is 4. The molecule has 0 heterocycles. The molecular weight excluding hydrogens is 212 g/mol. The van der Waals surface area contributed by atoms with E-state index in [2.05, 4.69) is 10.8 Å². The second-order valence-electron chi connectivity index (χ2n) is 4.30. The molecule has 0 aromatic rings. The predicted molar refractivity (Wildman–Crippen MR) is 58.4 cm³/mol. The summed E-state index contributed by atoms with van der Waals surface area (Å²) in [6.07, 6.45) is 0. The van der Waals surface area contributed by atoms with E-state index in [1.807, 2.05) is 0 Å². The molecule has 16 heavy (non-hydrogen) atoms. The molecule has 0 fully saturated rings. The van der Waals surface area contributed by atoms with Crippen molar-refractivity contribution in [1.82, 2.24) is 10.8 Å². The molecule has 0 aliphatic heterocycles. The Bertz CT molecular complexity index is 235. The molecule has 0 spiro atoms. The van der Waals surface area contributed by atoms with Gasteiger partial charge in [-0.1, -0.05) is 20.8 Å². The number of rotatable bonds is 6. The van der Waals surface area contributed by atoms with Gasteiger partial charge in [-0.3, -0.25) is 14.4 Å². The van der Waals surface area contributed by atoms with Gasteiger partial charge in [-0.2, -0.15) is 0 Å². The van der Waals surface area contributed by atoms with Crippen LogP contribution in [-0.2, 0) is 19.2 Å². The zero-order valence-corrected chi connectivity index (χ0v) is 10.3. The van der Waals surface area contributed by atoms with E-state index in [4.69, 9.17) is 9.57 Å². The van der Waals surface area contributed by atoms with Crippen LogP contribution >= 0.6 is 0 Å². The Morgan fingerprint density at radius 1 is 1.19 bits per heavy atom. The molecule has 0 unspecified atom stereocenters. The van der Waals surface area contributed by atoms with Crippen LogP contribution in [0.3, 0.4) is 0 Å². The molecule has 6 nitrogen and oxygen atoms in total. The normalized spacial score (nSPS) is 11.0. The van der Waals surface area contributed by atoms with Gasteiger partial charge in [0.15, 0.2) is 0 Å². The summed E-state index contributed by atoms with van der Waals surface area (Å²) in [6, 6.07) is 0. The molecule has 0 aromatic heterocycles. The number of carbonyl (C=O) groups is 2. The molecule has 0 atom stereocenters. The highest BCUT2D eigenvalue weighted by molar-refractivity contribution is 5.86. The van der Waals surface area contributed by atoms with E-state index in [0.717, 1.165) is 0 Å². The van der Waals surface area contributed by atoms with Crippen molar-refractivity contribution in [2.45, 2.75) is 20.8 Å². The SMILES string of the molecule is COCCONC(=O)CNC(=O)C(C)(C)C. The van der Waals surface area contributed by atoms with Crippen LogP contribution in [0, 0.1) is 5.41 Å². The molecule has 6 heteroatoms. The van der Waals surface area contributed by atoms with E-state index < -0.39 is 11.3 Å². The molecule has 94 valence electrons. The van der Waals surface area contributed by atoms with Crippen molar-refractivity contribution in [3.8, 4) is 0 Å². The number of hydrogen-bond donors (Lipinski definition) is 2. The van der Waals surface area contributed by atoms with Gasteiger partial charge in [0.25, 0.3) is 5.91 Å². The topological polar surface area (TPSA) is 76.7 Å². The van der Waals surface area contributed by atoms with Crippen molar-refractivity contribution in [3.63, 3.8) is 0 Å². The first-order valence-electron chi connectivity index (χ1n) is 5.06. The van der Waals surface area contributed by atoms with Gasteiger partial charge in [-0.25, -0.2) is 5.48 Å². The van der Waals surface area contributed by atoms with E-state index in [0.29, 0.717) is 6.61 Å². The highest BCUT2D eigenvalue weighted by Gasteiger charge is 2.21. The third kappa shape index (κ3) is 7.19. The summed E-state index contributed by atoms with van der Waals surface area (Å²) in [5, 5.41) is 2.50. The van der Waals surface area contributed by atoms with Crippen molar-refractivity contribution >= 4 is 11.8 Å². The van der Waals surface area contributed by atoms with Gasteiger partial charge in [0.1, 0.15) is 0 Å². The predicted octanol–water partition coefficient (Wildman–Crippen LogP) is -0.157. The van der Waals surface area contributed by atoms with Crippen LogP contribution < -0.4 is 10.8 Å². The monoisotopic (exact) mass is 232 g/mol. The second kappa shape index (κ2) is 7.19. The third-order valence-corrected chi connectivity index (χ3v) is 1.67. The fraction of sp³-hybridized carbons (Fsp3) is 0.800. The van der Waals surface area contributed by atoms with E-state index in [9.17, 15) is 9.59 Å². The van der Waals surface area contributed by atoms with Gasteiger partial charge < -0.3 is 10.1 Å². The van der Waals surface area contributed by atoms with Crippen LogP contribution in [0.5, 0.6) is 0 Å². The highest BCUT2D eigenvalue weighted by Crippen LogP contribution is 2.11.